The van der Waals surface area contributed by atoms with E-state index in [-0.39, 0.29) is 12.8 Å². The normalized spacial score (nSPS) is 15.9. The van der Waals surface area contributed by atoms with Gasteiger partial charge in [0.25, 0.3) is 0 Å². The number of likely N-dealkylation sites (N-methyl/N-ethyl adjacent to an activating group) is 1. The van der Waals surface area contributed by atoms with E-state index >= 15 is 0 Å². The van der Waals surface area contributed by atoms with Crippen LogP contribution < -0.4 is 5.32 Å². The molecule has 2 aliphatic rings. The Kier molecular flexibility index (Phi) is 16.3. The number of aryl methyl sites for hydroxylation is 1. The van der Waals surface area contributed by atoms with Gasteiger partial charge in [-0.3, -0.25) is 9.88 Å². The molecule has 0 amide bonds. The molecule has 5 nitrogen and oxygen atoms in total. The topological polar surface area (TPSA) is 44.3 Å². The molecule has 3 heterocycles. The monoisotopic (exact) mass is 573 g/mol. The Bertz CT molecular complexity index is 1160. The molecule has 0 atom stereocenters. The molecule has 2 aromatic heterocycles. The van der Waals surface area contributed by atoms with Crippen LogP contribution in [0.25, 0.3) is 5.57 Å². The summed E-state index contributed by atoms with van der Waals surface area (Å²) in [5.74, 6) is 0.951. The SMILES string of the molecule is C.C=C(C)C(=C)C1=CC(c2cncc(CN3CCCCC3)c2)=CCC1(C)C.CC.Cc1ccc(NCCN(C)C)nc1. The highest BCUT2D eigenvalue weighted by Gasteiger charge is 2.28. The third-order valence-corrected chi connectivity index (χ3v) is 7.46. The molecule has 5 heteroatoms. The first kappa shape index (κ1) is 37.0. The summed E-state index contributed by atoms with van der Waals surface area (Å²) in [6.45, 7) is 26.4. The van der Waals surface area contributed by atoms with Crippen molar-refractivity contribution in [2.45, 2.75) is 81.2 Å². The van der Waals surface area contributed by atoms with E-state index < -0.39 is 0 Å². The van der Waals surface area contributed by atoms with E-state index in [0.29, 0.717) is 0 Å². The first-order valence-electron chi connectivity index (χ1n) is 15.3. The van der Waals surface area contributed by atoms with Gasteiger partial charge in [-0.2, -0.15) is 0 Å². The van der Waals surface area contributed by atoms with Gasteiger partial charge in [0.2, 0.25) is 0 Å². The molecule has 0 aromatic carbocycles. The van der Waals surface area contributed by atoms with Gasteiger partial charge in [0.15, 0.2) is 0 Å². The lowest BCUT2D eigenvalue weighted by Crippen LogP contribution is -2.29. The lowest BCUT2D eigenvalue weighted by Gasteiger charge is -2.32. The number of aromatic nitrogens is 2. The summed E-state index contributed by atoms with van der Waals surface area (Å²) >= 11 is 0. The van der Waals surface area contributed by atoms with Gasteiger partial charge in [0.05, 0.1) is 0 Å². The molecular formula is C37H59N5. The number of nitrogens with zero attached hydrogens (tertiary/aromatic N) is 4. The second kappa shape index (κ2) is 18.5. The number of anilines is 1. The maximum atomic E-state index is 4.53. The highest BCUT2D eigenvalue weighted by atomic mass is 15.1. The van der Waals surface area contributed by atoms with Crippen molar-refractivity contribution >= 4 is 11.4 Å². The highest BCUT2D eigenvalue weighted by Crippen LogP contribution is 2.42. The highest BCUT2D eigenvalue weighted by molar-refractivity contribution is 5.78. The summed E-state index contributed by atoms with van der Waals surface area (Å²) in [5, 5.41) is 3.25. The first-order chi connectivity index (χ1) is 19.5. The Labute approximate surface area is 258 Å². The molecule has 0 spiro atoms. The van der Waals surface area contributed by atoms with E-state index in [1.165, 1.54) is 60.2 Å². The average molecular weight is 574 g/mol. The van der Waals surface area contributed by atoms with E-state index in [4.69, 9.17) is 0 Å². The third kappa shape index (κ3) is 12.1. The van der Waals surface area contributed by atoms with Crippen LogP contribution >= 0.6 is 0 Å². The van der Waals surface area contributed by atoms with Crippen LogP contribution in [0.4, 0.5) is 5.82 Å². The molecule has 0 radical (unpaired) electrons. The molecule has 1 saturated heterocycles. The Balaban J connectivity index is 0.000000467. The van der Waals surface area contributed by atoms with Crippen molar-refractivity contribution in [1.29, 1.82) is 0 Å². The Morgan fingerprint density at radius 1 is 1.05 bits per heavy atom. The summed E-state index contributed by atoms with van der Waals surface area (Å²) in [6, 6.07) is 6.37. The van der Waals surface area contributed by atoms with Crippen molar-refractivity contribution in [2.24, 2.45) is 5.41 Å². The quantitative estimate of drug-likeness (QED) is 0.303. The summed E-state index contributed by atoms with van der Waals surface area (Å²) in [4.78, 5) is 13.5. The molecule has 1 aliphatic carbocycles. The average Bonchev–Trinajstić information content (AvgIpc) is 2.95. The number of hydrogen-bond acceptors (Lipinski definition) is 5. The zero-order valence-corrected chi connectivity index (χ0v) is 27.2. The Morgan fingerprint density at radius 2 is 1.74 bits per heavy atom. The summed E-state index contributed by atoms with van der Waals surface area (Å²) in [5.41, 5.74) is 8.47. The van der Waals surface area contributed by atoms with Crippen LogP contribution in [-0.2, 0) is 6.54 Å². The molecule has 1 aliphatic heterocycles. The van der Waals surface area contributed by atoms with Crippen LogP contribution in [0, 0.1) is 12.3 Å². The predicted octanol–water partition coefficient (Wildman–Crippen LogP) is 8.97. The van der Waals surface area contributed by atoms with Gasteiger partial charge < -0.3 is 10.2 Å². The molecule has 0 saturated carbocycles. The minimum absolute atomic E-state index is 0. The fraction of sp³-hybridized carbons (Fsp3) is 0.514. The van der Waals surface area contributed by atoms with E-state index in [9.17, 15) is 0 Å². The molecule has 0 unspecified atom stereocenters. The number of likely N-dealkylation sites (tertiary alicyclic amines) is 1. The maximum absolute atomic E-state index is 4.53. The molecule has 232 valence electrons. The van der Waals surface area contributed by atoms with Crippen LogP contribution in [0.1, 0.15) is 84.4 Å². The van der Waals surface area contributed by atoms with Crippen molar-refractivity contribution in [1.82, 2.24) is 19.8 Å². The lowest BCUT2D eigenvalue weighted by molar-refractivity contribution is 0.220. The molecule has 1 fully saturated rings. The van der Waals surface area contributed by atoms with Crippen LogP contribution in [0.5, 0.6) is 0 Å². The van der Waals surface area contributed by atoms with Gasteiger partial charge in [-0.05, 0) is 106 Å². The smallest absolute Gasteiger partial charge is 0.125 e. The summed E-state index contributed by atoms with van der Waals surface area (Å²) in [7, 11) is 4.12. The van der Waals surface area contributed by atoms with Crippen LogP contribution in [0.15, 0.2) is 78.8 Å². The number of rotatable bonds is 9. The predicted molar refractivity (Wildman–Crippen MR) is 186 cm³/mol. The zero-order chi connectivity index (χ0) is 30.4. The van der Waals surface area contributed by atoms with E-state index in [2.05, 4.69) is 90.5 Å². The molecule has 42 heavy (non-hydrogen) atoms. The van der Waals surface area contributed by atoms with Crippen molar-refractivity contribution in [3.8, 4) is 0 Å². The van der Waals surface area contributed by atoms with E-state index in [0.717, 1.165) is 43.0 Å². The van der Waals surface area contributed by atoms with Gasteiger partial charge in [-0.1, -0.05) is 78.5 Å². The fourth-order valence-corrected chi connectivity index (χ4v) is 4.90. The molecule has 4 rings (SSSR count). The molecular weight excluding hydrogens is 514 g/mol. The zero-order valence-electron chi connectivity index (χ0n) is 27.2. The van der Waals surface area contributed by atoms with Gasteiger partial charge in [0.1, 0.15) is 5.82 Å². The lowest BCUT2D eigenvalue weighted by atomic mass is 9.72. The van der Waals surface area contributed by atoms with Gasteiger partial charge in [0, 0.05) is 43.8 Å². The number of pyridine rings is 2. The van der Waals surface area contributed by atoms with E-state index in [1.807, 2.05) is 52.4 Å². The van der Waals surface area contributed by atoms with E-state index in [1.54, 1.807) is 0 Å². The van der Waals surface area contributed by atoms with Crippen molar-refractivity contribution in [2.75, 3.05) is 45.6 Å². The van der Waals surface area contributed by atoms with Gasteiger partial charge >= 0.3 is 0 Å². The van der Waals surface area contributed by atoms with Crippen LogP contribution in [0.2, 0.25) is 0 Å². The minimum atomic E-state index is 0. The number of hydrogen-bond donors (Lipinski definition) is 1. The Morgan fingerprint density at radius 3 is 2.33 bits per heavy atom. The second-order valence-corrected chi connectivity index (χ2v) is 11.9. The minimum Gasteiger partial charge on any atom is -0.369 e. The first-order valence-corrected chi connectivity index (χ1v) is 15.3. The summed E-state index contributed by atoms with van der Waals surface area (Å²) < 4.78 is 0. The molecule has 1 N–H and O–H groups in total. The fourth-order valence-electron chi connectivity index (χ4n) is 4.90. The largest absolute Gasteiger partial charge is 0.369 e. The van der Waals surface area contributed by atoms with Crippen molar-refractivity contribution in [3.05, 3.63) is 95.5 Å². The van der Waals surface area contributed by atoms with Crippen LogP contribution in [-0.4, -0.2) is 60.0 Å². The second-order valence-electron chi connectivity index (χ2n) is 11.9. The molecule has 2 aromatic rings. The standard InChI is InChI=1S/C24H32N2.C10H17N3.C2H6.CH4/c1-18(2)19(3)23-14-21(9-10-24(23,4)5)22-13-20(15-25-16-22)17-26-11-7-6-8-12-26;1-9-4-5-10(12-8-9)11-6-7-13(2)3;1-2;/h9,13-16H,1,3,6-8,10-12,17H2,2,4-5H3;4-5,8H,6-7H2,1-3H3,(H,11,12);1-2H3;1H4. The van der Waals surface area contributed by atoms with Crippen LogP contribution in [0.3, 0.4) is 0 Å². The molecule has 0 bridgehead atoms. The van der Waals surface area contributed by atoms with Gasteiger partial charge in [-0.15, -0.1) is 0 Å². The van der Waals surface area contributed by atoms with Crippen molar-refractivity contribution < 1.29 is 0 Å². The third-order valence-electron chi connectivity index (χ3n) is 7.46. The summed E-state index contributed by atoms with van der Waals surface area (Å²) in [6.07, 6.45) is 15.5. The number of allylic oxidation sites excluding steroid dienone is 6. The van der Waals surface area contributed by atoms with Crippen molar-refractivity contribution in [3.63, 3.8) is 0 Å². The Hall–Kier alpha value is -3.02. The number of nitrogens with one attached hydrogen (secondary N) is 1. The van der Waals surface area contributed by atoms with Gasteiger partial charge in [-0.25, -0.2) is 4.98 Å². The number of piperidine rings is 1. The maximum Gasteiger partial charge on any atom is 0.125 e.